The van der Waals surface area contributed by atoms with Crippen LogP contribution in [-0.2, 0) is 0 Å². The van der Waals surface area contributed by atoms with Crippen LogP contribution in [-0.4, -0.2) is 28.6 Å². The van der Waals surface area contributed by atoms with E-state index in [1.54, 1.807) is 0 Å². The molecule has 21 heavy (non-hydrogen) atoms. The highest BCUT2D eigenvalue weighted by Gasteiger charge is 2.13. The third-order valence-electron chi connectivity index (χ3n) is 3.60. The smallest absolute Gasteiger partial charge is 0.207 e. The number of fused-ring (bicyclic) bond motifs is 1. The number of pyridine rings is 1. The Hall–Kier alpha value is -2.56. The van der Waals surface area contributed by atoms with Crippen molar-refractivity contribution in [3.63, 3.8) is 0 Å². The van der Waals surface area contributed by atoms with Crippen molar-refractivity contribution in [2.24, 2.45) is 0 Å². The molecule has 0 saturated carbocycles. The lowest BCUT2D eigenvalue weighted by Gasteiger charge is -2.17. The van der Waals surface area contributed by atoms with Gasteiger partial charge in [-0.25, -0.2) is 9.97 Å². The fourth-order valence-electron chi connectivity index (χ4n) is 2.54. The first-order valence-electron chi connectivity index (χ1n) is 6.87. The molecule has 3 rings (SSSR count). The first-order valence-corrected chi connectivity index (χ1v) is 6.87. The summed E-state index contributed by atoms with van der Waals surface area (Å²) in [5, 5.41) is 0. The van der Waals surface area contributed by atoms with Crippen LogP contribution < -0.4 is 10.6 Å². The normalized spacial score (nSPS) is 11.0. The van der Waals surface area contributed by atoms with E-state index >= 15 is 0 Å². The second kappa shape index (κ2) is 4.77. The molecule has 0 saturated heterocycles. The van der Waals surface area contributed by atoms with E-state index in [2.05, 4.69) is 33.9 Å². The van der Waals surface area contributed by atoms with E-state index in [1.807, 2.05) is 43.8 Å². The summed E-state index contributed by atoms with van der Waals surface area (Å²) in [6.07, 6.45) is 0. The first-order chi connectivity index (χ1) is 9.97. The van der Waals surface area contributed by atoms with Crippen LogP contribution in [0.1, 0.15) is 11.3 Å². The molecule has 5 heteroatoms. The zero-order chi connectivity index (χ0) is 15.1. The van der Waals surface area contributed by atoms with Gasteiger partial charge in [0.25, 0.3) is 0 Å². The summed E-state index contributed by atoms with van der Waals surface area (Å²) in [4.78, 5) is 11.1. The van der Waals surface area contributed by atoms with Crippen LogP contribution in [0, 0.1) is 13.8 Å². The van der Waals surface area contributed by atoms with Crippen LogP contribution in [0.5, 0.6) is 0 Å². The molecule has 0 atom stereocenters. The highest BCUT2D eigenvalue weighted by molar-refractivity contribution is 5.77. The molecule has 0 spiro atoms. The molecule has 0 radical (unpaired) electrons. The quantitative estimate of drug-likeness (QED) is 0.784. The van der Waals surface area contributed by atoms with Gasteiger partial charge >= 0.3 is 0 Å². The van der Waals surface area contributed by atoms with Gasteiger partial charge in [0.1, 0.15) is 5.52 Å². The number of hydrogen-bond acceptors (Lipinski definition) is 4. The average Bonchev–Trinajstić information content (AvgIpc) is 2.74. The fourth-order valence-corrected chi connectivity index (χ4v) is 2.54. The SMILES string of the molecule is Cc1ccc2nc(N)n(-c3ccc(C)c(N(C)C)c3)c2n1. The van der Waals surface area contributed by atoms with Crippen LogP contribution in [0.15, 0.2) is 30.3 Å². The Labute approximate surface area is 124 Å². The number of anilines is 2. The molecular weight excluding hydrogens is 262 g/mol. The van der Waals surface area contributed by atoms with Gasteiger partial charge in [0.15, 0.2) is 5.65 Å². The molecule has 1 aromatic carbocycles. The van der Waals surface area contributed by atoms with Crippen molar-refractivity contribution in [1.82, 2.24) is 14.5 Å². The minimum absolute atomic E-state index is 0.455. The van der Waals surface area contributed by atoms with E-state index in [4.69, 9.17) is 5.73 Å². The molecule has 2 heterocycles. The number of rotatable bonds is 2. The van der Waals surface area contributed by atoms with Crippen molar-refractivity contribution in [2.45, 2.75) is 13.8 Å². The van der Waals surface area contributed by atoms with Crippen LogP contribution in [0.2, 0.25) is 0 Å². The molecule has 2 N–H and O–H groups in total. The summed E-state index contributed by atoms with van der Waals surface area (Å²) in [5.74, 6) is 0.455. The van der Waals surface area contributed by atoms with Gasteiger partial charge in [-0.1, -0.05) is 6.07 Å². The van der Waals surface area contributed by atoms with Crippen molar-refractivity contribution < 1.29 is 0 Å². The van der Waals surface area contributed by atoms with E-state index in [0.717, 1.165) is 28.2 Å². The van der Waals surface area contributed by atoms with Crippen LogP contribution in [0.3, 0.4) is 0 Å². The third-order valence-corrected chi connectivity index (χ3v) is 3.60. The fraction of sp³-hybridized carbons (Fsp3) is 0.250. The Morgan fingerprint density at radius 1 is 1.05 bits per heavy atom. The highest BCUT2D eigenvalue weighted by atomic mass is 15.2. The molecule has 0 aliphatic rings. The standard InChI is InChI=1S/C16H19N5/c1-10-5-7-12(9-14(10)20(3)4)21-15-13(19-16(21)17)8-6-11(2)18-15/h5-9H,1-4H3,(H2,17,19). The van der Waals surface area contributed by atoms with E-state index in [0.29, 0.717) is 5.95 Å². The number of imidazole rings is 1. The summed E-state index contributed by atoms with van der Waals surface area (Å²) in [7, 11) is 4.06. The van der Waals surface area contributed by atoms with E-state index in [1.165, 1.54) is 5.56 Å². The largest absolute Gasteiger partial charge is 0.377 e. The number of nitrogens with two attached hydrogens (primary N) is 1. The summed E-state index contributed by atoms with van der Waals surface area (Å²) >= 11 is 0. The van der Waals surface area contributed by atoms with Gasteiger partial charge < -0.3 is 10.6 Å². The lowest BCUT2D eigenvalue weighted by atomic mass is 10.1. The Morgan fingerprint density at radius 3 is 2.52 bits per heavy atom. The van der Waals surface area contributed by atoms with Crippen LogP contribution in [0.4, 0.5) is 11.6 Å². The number of nitrogens with zero attached hydrogens (tertiary/aromatic N) is 4. The molecule has 0 fully saturated rings. The van der Waals surface area contributed by atoms with Crippen molar-refractivity contribution in [2.75, 3.05) is 24.7 Å². The van der Waals surface area contributed by atoms with E-state index in [9.17, 15) is 0 Å². The number of hydrogen-bond donors (Lipinski definition) is 1. The van der Waals surface area contributed by atoms with Crippen molar-refractivity contribution in [3.05, 3.63) is 41.6 Å². The Morgan fingerprint density at radius 2 is 1.81 bits per heavy atom. The summed E-state index contributed by atoms with van der Waals surface area (Å²) in [6, 6.07) is 10.1. The van der Waals surface area contributed by atoms with Crippen molar-refractivity contribution >= 4 is 22.8 Å². The van der Waals surface area contributed by atoms with Gasteiger partial charge in [0, 0.05) is 25.5 Å². The maximum absolute atomic E-state index is 6.10. The number of nitrogen functional groups attached to an aromatic ring is 1. The maximum Gasteiger partial charge on any atom is 0.207 e. The maximum atomic E-state index is 6.10. The Balaban J connectivity index is 2.27. The molecule has 0 amide bonds. The molecule has 2 aromatic heterocycles. The molecule has 0 aliphatic heterocycles. The highest BCUT2D eigenvalue weighted by Crippen LogP contribution is 2.26. The van der Waals surface area contributed by atoms with Gasteiger partial charge in [0.2, 0.25) is 5.95 Å². The summed E-state index contributed by atoms with van der Waals surface area (Å²) in [6.45, 7) is 4.06. The molecular formula is C16H19N5. The van der Waals surface area contributed by atoms with Crippen LogP contribution in [0.25, 0.3) is 16.9 Å². The minimum Gasteiger partial charge on any atom is -0.377 e. The Kier molecular flexibility index (Phi) is 3.05. The number of aryl methyl sites for hydroxylation is 2. The molecule has 5 nitrogen and oxygen atoms in total. The second-order valence-electron chi connectivity index (χ2n) is 5.47. The average molecular weight is 281 g/mol. The van der Waals surface area contributed by atoms with Crippen molar-refractivity contribution in [3.8, 4) is 5.69 Å². The minimum atomic E-state index is 0.455. The third kappa shape index (κ3) is 2.20. The van der Waals surface area contributed by atoms with Gasteiger partial charge in [-0.15, -0.1) is 0 Å². The number of benzene rings is 1. The van der Waals surface area contributed by atoms with Gasteiger partial charge in [-0.05, 0) is 43.7 Å². The summed E-state index contributed by atoms with van der Waals surface area (Å²) < 4.78 is 1.90. The molecule has 0 unspecified atom stereocenters. The van der Waals surface area contributed by atoms with E-state index in [-0.39, 0.29) is 0 Å². The molecule has 0 aliphatic carbocycles. The topological polar surface area (TPSA) is 60.0 Å². The zero-order valence-corrected chi connectivity index (χ0v) is 12.8. The molecule has 108 valence electrons. The van der Waals surface area contributed by atoms with Gasteiger partial charge in [-0.2, -0.15) is 0 Å². The lowest BCUT2D eigenvalue weighted by molar-refractivity contribution is 1.05. The predicted octanol–water partition coefficient (Wildman–Crippen LogP) is 2.69. The van der Waals surface area contributed by atoms with Crippen molar-refractivity contribution in [1.29, 1.82) is 0 Å². The Bertz CT molecular complexity index is 817. The van der Waals surface area contributed by atoms with Gasteiger partial charge in [-0.3, -0.25) is 4.57 Å². The molecule has 0 bridgehead atoms. The van der Waals surface area contributed by atoms with Crippen LogP contribution >= 0.6 is 0 Å². The zero-order valence-electron chi connectivity index (χ0n) is 12.8. The monoisotopic (exact) mass is 281 g/mol. The van der Waals surface area contributed by atoms with Gasteiger partial charge in [0.05, 0.1) is 5.69 Å². The summed E-state index contributed by atoms with van der Waals surface area (Å²) in [5.41, 5.74) is 12.0. The second-order valence-corrected chi connectivity index (χ2v) is 5.47. The number of aromatic nitrogens is 3. The lowest BCUT2D eigenvalue weighted by Crippen LogP contribution is -2.11. The first kappa shape index (κ1) is 13.4. The molecule has 3 aromatic rings. The van der Waals surface area contributed by atoms with E-state index < -0.39 is 0 Å². The predicted molar refractivity (Wildman–Crippen MR) is 87.1 cm³/mol.